The van der Waals surface area contributed by atoms with Crippen LogP contribution in [0.15, 0.2) is 42.2 Å². The van der Waals surface area contributed by atoms with E-state index in [-0.39, 0.29) is 30.6 Å². The van der Waals surface area contributed by atoms with Crippen LogP contribution in [0.4, 0.5) is 10.1 Å². The maximum absolute atomic E-state index is 17.2. The summed E-state index contributed by atoms with van der Waals surface area (Å²) in [5.41, 5.74) is 2.99. The Hall–Kier alpha value is -3.19. The second-order valence-electron chi connectivity index (χ2n) is 14.6. The SMILES string of the molecule is C[C@@H]1CN(C(=O)[C@H]2/C(F)=C/C[C@H](C)[C@@H](C)S(=O)(=O)NC(=O)c3ccc4c(c3)N3CCCCc5cc(Cl)cc(c5CO4)[C@]4(CCCN24)C3)CCO1. The molecule has 5 atom stereocenters. The van der Waals surface area contributed by atoms with E-state index in [4.69, 9.17) is 21.1 Å². The third-order valence-corrected chi connectivity index (χ3v) is 13.6. The van der Waals surface area contributed by atoms with Gasteiger partial charge in [-0.15, -0.1) is 0 Å². The summed E-state index contributed by atoms with van der Waals surface area (Å²) in [7, 11) is -4.13. The van der Waals surface area contributed by atoms with Gasteiger partial charge in [0.1, 0.15) is 24.2 Å². The van der Waals surface area contributed by atoms with Crippen LogP contribution in [0.5, 0.6) is 5.75 Å². The van der Waals surface area contributed by atoms with E-state index in [9.17, 15) is 18.0 Å². The number of anilines is 1. The predicted octanol–water partition coefficient (Wildman–Crippen LogP) is 5.32. The van der Waals surface area contributed by atoms with Crippen molar-refractivity contribution in [3.05, 3.63) is 69.5 Å². The van der Waals surface area contributed by atoms with E-state index in [0.29, 0.717) is 68.6 Å². The number of ether oxygens (including phenoxy) is 2. The lowest BCUT2D eigenvalue weighted by molar-refractivity contribution is -0.145. The molecule has 0 radical (unpaired) electrons. The van der Waals surface area contributed by atoms with Crippen LogP contribution in [-0.4, -0.2) is 86.8 Å². The highest BCUT2D eigenvalue weighted by molar-refractivity contribution is 7.90. The van der Waals surface area contributed by atoms with Gasteiger partial charge in [0, 0.05) is 43.3 Å². The molecule has 2 aromatic rings. The first-order valence-corrected chi connectivity index (χ1v) is 19.7. The second-order valence-corrected chi connectivity index (χ2v) is 17.1. The minimum absolute atomic E-state index is 0.0532. The van der Waals surface area contributed by atoms with Crippen molar-refractivity contribution in [1.29, 1.82) is 0 Å². The smallest absolute Gasteiger partial charge is 0.264 e. The number of aryl methyl sites for hydroxylation is 1. The van der Waals surface area contributed by atoms with Gasteiger partial charge in [-0.3, -0.25) is 14.5 Å². The topological polar surface area (TPSA) is 108 Å². The highest BCUT2D eigenvalue weighted by atomic mass is 35.5. The Morgan fingerprint density at radius 1 is 1.08 bits per heavy atom. The fraction of sp³-hybridized carbons (Fsp3) is 0.568. The van der Waals surface area contributed by atoms with Crippen LogP contribution >= 0.6 is 11.6 Å². The number of sulfonamides is 1. The Morgan fingerprint density at radius 3 is 2.70 bits per heavy atom. The summed E-state index contributed by atoms with van der Waals surface area (Å²) in [4.78, 5) is 34.2. The molecule has 13 heteroatoms. The van der Waals surface area contributed by atoms with Crippen LogP contribution in [0, 0.1) is 5.92 Å². The number of benzene rings is 2. The van der Waals surface area contributed by atoms with E-state index in [2.05, 4.69) is 9.62 Å². The lowest BCUT2D eigenvalue weighted by atomic mass is 9.79. The van der Waals surface area contributed by atoms with Gasteiger partial charge in [-0.2, -0.15) is 0 Å². The molecule has 10 nitrogen and oxygen atoms in total. The number of amides is 2. The Morgan fingerprint density at radius 2 is 1.90 bits per heavy atom. The Balaban J connectivity index is 1.49. The first kappa shape index (κ1) is 35.2. The molecule has 0 saturated carbocycles. The molecule has 5 aliphatic heterocycles. The summed E-state index contributed by atoms with van der Waals surface area (Å²) >= 11 is 6.91. The fourth-order valence-electron chi connectivity index (χ4n) is 8.50. The summed E-state index contributed by atoms with van der Waals surface area (Å²) in [6.07, 6.45) is 5.09. The molecule has 7 bridgehead atoms. The van der Waals surface area contributed by atoms with E-state index < -0.39 is 44.5 Å². The number of morpholine rings is 1. The summed E-state index contributed by atoms with van der Waals surface area (Å²) in [5, 5.41) is -0.436. The number of nitrogens with one attached hydrogen (secondary N) is 1. The van der Waals surface area contributed by atoms with Gasteiger partial charge in [0.15, 0.2) is 0 Å². The van der Waals surface area contributed by atoms with Crippen molar-refractivity contribution in [3.8, 4) is 5.75 Å². The number of hydrogen-bond acceptors (Lipinski definition) is 8. The molecule has 2 saturated heterocycles. The monoisotopic (exact) mass is 728 g/mol. The van der Waals surface area contributed by atoms with Crippen LogP contribution < -0.4 is 14.4 Å². The van der Waals surface area contributed by atoms with Crippen molar-refractivity contribution in [1.82, 2.24) is 14.5 Å². The van der Waals surface area contributed by atoms with Gasteiger partial charge < -0.3 is 19.3 Å². The third kappa shape index (κ3) is 6.41. The largest absolute Gasteiger partial charge is 0.487 e. The van der Waals surface area contributed by atoms with Crippen LogP contribution in [0.3, 0.4) is 0 Å². The van der Waals surface area contributed by atoms with Crippen LogP contribution in [0.2, 0.25) is 5.02 Å². The molecule has 0 aliphatic carbocycles. The molecule has 2 aromatic carbocycles. The Labute approximate surface area is 299 Å². The van der Waals surface area contributed by atoms with Crippen molar-refractivity contribution in [2.75, 3.05) is 44.2 Å². The lowest BCUT2D eigenvalue weighted by Crippen LogP contribution is -2.60. The number of nitrogens with zero attached hydrogens (tertiary/aromatic N) is 3. The normalized spacial score (nSPS) is 31.2. The zero-order valence-corrected chi connectivity index (χ0v) is 30.5. The van der Waals surface area contributed by atoms with E-state index in [1.165, 1.54) is 13.0 Å². The van der Waals surface area contributed by atoms with Crippen molar-refractivity contribution in [3.63, 3.8) is 0 Å². The minimum atomic E-state index is -4.13. The first-order chi connectivity index (χ1) is 23.9. The second kappa shape index (κ2) is 13.7. The molecule has 2 fully saturated rings. The highest BCUT2D eigenvalue weighted by Crippen LogP contribution is 2.49. The van der Waals surface area contributed by atoms with Gasteiger partial charge >= 0.3 is 0 Å². The Bertz CT molecular complexity index is 1820. The van der Waals surface area contributed by atoms with Gasteiger partial charge in [-0.1, -0.05) is 24.6 Å². The van der Waals surface area contributed by atoms with E-state index in [1.54, 1.807) is 30.0 Å². The van der Waals surface area contributed by atoms with E-state index >= 15 is 4.39 Å². The number of carbonyl (C=O) groups excluding carboxylic acids is 2. The molecule has 1 spiro atoms. The first-order valence-electron chi connectivity index (χ1n) is 17.8. The van der Waals surface area contributed by atoms with Gasteiger partial charge in [0.2, 0.25) is 15.9 Å². The molecule has 0 aromatic heterocycles. The van der Waals surface area contributed by atoms with Gasteiger partial charge in [0.05, 0.1) is 29.2 Å². The summed E-state index contributed by atoms with van der Waals surface area (Å²) < 4.78 is 58.7. The Kier molecular flexibility index (Phi) is 9.68. The molecule has 5 aliphatic rings. The maximum atomic E-state index is 17.2. The van der Waals surface area contributed by atoms with Crippen LogP contribution in [0.25, 0.3) is 0 Å². The molecule has 2 amide bonds. The third-order valence-electron chi connectivity index (χ3n) is 11.4. The lowest BCUT2D eigenvalue weighted by Gasteiger charge is -2.47. The highest BCUT2D eigenvalue weighted by Gasteiger charge is 2.52. The van der Waals surface area contributed by atoms with E-state index in [0.717, 1.165) is 36.0 Å². The number of allylic oxidation sites excluding steroid dienone is 1. The molecular formula is C37H46ClFN4O6S. The minimum Gasteiger partial charge on any atom is -0.487 e. The molecule has 50 heavy (non-hydrogen) atoms. The van der Waals surface area contributed by atoms with Crippen molar-refractivity contribution in [2.24, 2.45) is 5.92 Å². The zero-order valence-electron chi connectivity index (χ0n) is 28.9. The van der Waals surface area contributed by atoms with Crippen molar-refractivity contribution < 1.29 is 31.9 Å². The van der Waals surface area contributed by atoms with Gasteiger partial charge in [-0.25, -0.2) is 17.5 Å². The number of hydrogen-bond donors (Lipinski definition) is 1. The zero-order chi connectivity index (χ0) is 35.4. The maximum Gasteiger partial charge on any atom is 0.264 e. The molecule has 7 rings (SSSR count). The average Bonchev–Trinajstić information content (AvgIpc) is 3.50. The molecule has 5 heterocycles. The van der Waals surface area contributed by atoms with E-state index in [1.807, 2.05) is 24.0 Å². The number of carbonyl (C=O) groups is 2. The number of halogens is 2. The fourth-order valence-corrected chi connectivity index (χ4v) is 10.0. The standard InChI is InChI=1S/C37H46ClFN4O6S/c1-23-8-10-31(39)34(36(45)41-15-16-48-24(2)20-41)43-14-6-12-37(43)22-42-13-5-4-7-26-17-28(38)19-30(37)29(26)21-49-33-11-9-27(18-32(33)42)35(44)40-50(46,47)25(23)3/h9-11,17-19,23-25,34H,4-8,12-16,20-22H2,1-3H3,(H,40,44)/b31-10-/t23-,24+,25+,34+,37-/m0/s1. The van der Waals surface area contributed by atoms with Crippen molar-refractivity contribution in [2.45, 2.75) is 88.8 Å². The van der Waals surface area contributed by atoms with Crippen molar-refractivity contribution >= 4 is 39.1 Å². The predicted molar refractivity (Wildman–Crippen MR) is 190 cm³/mol. The quantitative estimate of drug-likeness (QED) is 0.421. The van der Waals surface area contributed by atoms with Crippen LogP contribution in [0.1, 0.15) is 79.9 Å². The number of fused-ring (bicyclic) bond motifs is 1. The summed E-state index contributed by atoms with van der Waals surface area (Å²) in [5.74, 6) is -1.68. The van der Waals surface area contributed by atoms with Gasteiger partial charge in [0.25, 0.3) is 5.91 Å². The summed E-state index contributed by atoms with van der Waals surface area (Å²) in [6.45, 7) is 7.85. The summed E-state index contributed by atoms with van der Waals surface area (Å²) in [6, 6.07) is 7.75. The van der Waals surface area contributed by atoms with Crippen LogP contribution in [-0.2, 0) is 38.1 Å². The number of rotatable bonds is 1. The molecular weight excluding hydrogens is 683 g/mol. The molecule has 270 valence electrons. The average molecular weight is 729 g/mol. The molecule has 1 N–H and O–H groups in total. The van der Waals surface area contributed by atoms with Gasteiger partial charge in [-0.05, 0) is 105 Å². The molecule has 0 unspecified atom stereocenters.